The van der Waals surface area contributed by atoms with Gasteiger partial charge in [0.25, 0.3) is 0 Å². The van der Waals surface area contributed by atoms with Gasteiger partial charge in [-0.15, -0.1) is 0 Å². The Morgan fingerprint density at radius 3 is 1.45 bits per heavy atom. The van der Waals surface area contributed by atoms with Crippen molar-refractivity contribution in [2.75, 3.05) is 4.90 Å². The highest BCUT2D eigenvalue weighted by Gasteiger charge is 2.42. The fourth-order valence-corrected chi connectivity index (χ4v) is 12.1. The molecule has 0 aromatic heterocycles. The van der Waals surface area contributed by atoms with Crippen LogP contribution in [-0.2, 0) is 16.2 Å². The molecule has 0 saturated carbocycles. The summed E-state index contributed by atoms with van der Waals surface area (Å²) in [6, 6.07) is 71.2. The van der Waals surface area contributed by atoms with Gasteiger partial charge in [0.05, 0.1) is 0 Å². The van der Waals surface area contributed by atoms with Gasteiger partial charge in [0.15, 0.2) is 0 Å². The highest BCUT2D eigenvalue weighted by molar-refractivity contribution is 6.16. The Balaban J connectivity index is 0.880. The molecule has 0 aliphatic heterocycles. The van der Waals surface area contributed by atoms with Crippen LogP contribution < -0.4 is 4.90 Å². The van der Waals surface area contributed by atoms with Crippen molar-refractivity contribution in [2.45, 2.75) is 57.8 Å². The van der Waals surface area contributed by atoms with Crippen molar-refractivity contribution in [1.29, 1.82) is 0 Å². The number of benzene rings is 10. The zero-order valence-electron chi connectivity index (χ0n) is 37.3. The van der Waals surface area contributed by atoms with Crippen LogP contribution in [0.5, 0.6) is 0 Å². The molecule has 0 N–H and O–H groups in total. The normalized spacial score (nSPS) is 15.4. The number of para-hydroxylation sites is 1. The van der Waals surface area contributed by atoms with Crippen LogP contribution in [0, 0.1) is 0 Å². The van der Waals surface area contributed by atoms with Crippen molar-refractivity contribution >= 4 is 49.4 Å². The van der Waals surface area contributed by atoms with Gasteiger partial charge in [-0.1, -0.05) is 157 Å². The van der Waals surface area contributed by atoms with Crippen LogP contribution in [0.4, 0.5) is 17.1 Å². The van der Waals surface area contributed by atoms with E-state index in [1.807, 2.05) is 0 Å². The number of nitrogens with zero attached hydrogens (tertiary/aromatic N) is 1. The molecule has 10 aromatic rings. The van der Waals surface area contributed by atoms with Gasteiger partial charge in [-0.3, -0.25) is 0 Å². The zero-order valence-corrected chi connectivity index (χ0v) is 37.3. The summed E-state index contributed by atoms with van der Waals surface area (Å²) in [6.07, 6.45) is 0. The van der Waals surface area contributed by atoms with E-state index in [0.29, 0.717) is 0 Å². The van der Waals surface area contributed by atoms with Gasteiger partial charge in [-0.25, -0.2) is 0 Å². The third-order valence-electron chi connectivity index (χ3n) is 15.5. The third-order valence-corrected chi connectivity index (χ3v) is 15.5. The molecule has 0 atom stereocenters. The number of rotatable bonds is 5. The molecule has 3 aliphatic carbocycles. The first-order valence-corrected chi connectivity index (χ1v) is 22.9. The average molecular weight is 820 g/mol. The van der Waals surface area contributed by atoms with E-state index in [1.54, 1.807) is 0 Å². The van der Waals surface area contributed by atoms with Crippen molar-refractivity contribution < 1.29 is 0 Å². The Morgan fingerprint density at radius 2 is 0.750 bits per heavy atom. The maximum Gasteiger partial charge on any atom is 0.0468 e. The van der Waals surface area contributed by atoms with Crippen LogP contribution in [-0.4, -0.2) is 0 Å². The topological polar surface area (TPSA) is 3.24 Å². The molecule has 13 rings (SSSR count). The third kappa shape index (κ3) is 5.13. The van der Waals surface area contributed by atoms with Gasteiger partial charge < -0.3 is 4.90 Å². The lowest BCUT2D eigenvalue weighted by atomic mass is 9.77. The predicted molar refractivity (Wildman–Crippen MR) is 272 cm³/mol. The molecule has 0 saturated heterocycles. The molecule has 306 valence electrons. The van der Waals surface area contributed by atoms with Crippen molar-refractivity contribution in [2.24, 2.45) is 0 Å². The average Bonchev–Trinajstić information content (AvgIpc) is 3.80. The smallest absolute Gasteiger partial charge is 0.0468 e. The molecule has 1 nitrogen and oxygen atoms in total. The second kappa shape index (κ2) is 12.9. The van der Waals surface area contributed by atoms with Gasteiger partial charge >= 0.3 is 0 Å². The SMILES string of the molecule is CC1(C)c2ccccc2-c2cc3c(cc21)C(C)(C)c1cc(N(c2ccccc2)c2ccc4cc(-c5cc6c7c(ccc8cc(-c9ccccc9)cc(c87)C6(C)C)c5)ccc4c2)ccc1-3. The van der Waals surface area contributed by atoms with Crippen molar-refractivity contribution in [3.05, 3.63) is 221 Å². The molecule has 0 bridgehead atoms. The molecular formula is C63H49N. The zero-order chi connectivity index (χ0) is 43.3. The van der Waals surface area contributed by atoms with Crippen LogP contribution in [0.25, 0.3) is 76.8 Å². The van der Waals surface area contributed by atoms with E-state index >= 15 is 0 Å². The predicted octanol–water partition coefficient (Wildman–Crippen LogP) is 17.2. The van der Waals surface area contributed by atoms with E-state index in [2.05, 4.69) is 234 Å². The van der Waals surface area contributed by atoms with Crippen LogP contribution in [0.3, 0.4) is 0 Å². The van der Waals surface area contributed by atoms with E-state index in [9.17, 15) is 0 Å². The molecule has 64 heavy (non-hydrogen) atoms. The highest BCUT2D eigenvalue weighted by atomic mass is 15.1. The van der Waals surface area contributed by atoms with E-state index in [-0.39, 0.29) is 16.2 Å². The number of hydrogen-bond donors (Lipinski definition) is 0. The van der Waals surface area contributed by atoms with Gasteiger partial charge in [0, 0.05) is 33.3 Å². The van der Waals surface area contributed by atoms with Crippen LogP contribution in [0.2, 0.25) is 0 Å². The first kappa shape index (κ1) is 37.3. The summed E-state index contributed by atoms with van der Waals surface area (Å²) in [5.74, 6) is 0. The molecule has 1 heteroatoms. The maximum absolute atomic E-state index is 2.53. The molecule has 3 aliphatic rings. The highest BCUT2D eigenvalue weighted by Crippen LogP contribution is 2.57. The number of hydrogen-bond acceptors (Lipinski definition) is 1. The Bertz CT molecular complexity index is 3620. The molecule has 10 aromatic carbocycles. The van der Waals surface area contributed by atoms with E-state index in [1.165, 1.54) is 116 Å². The number of anilines is 3. The monoisotopic (exact) mass is 819 g/mol. The van der Waals surface area contributed by atoms with E-state index in [4.69, 9.17) is 0 Å². The second-order valence-corrected chi connectivity index (χ2v) is 20.2. The summed E-state index contributed by atoms with van der Waals surface area (Å²) in [4.78, 5) is 2.43. The quantitative estimate of drug-likeness (QED) is 0.156. The minimum Gasteiger partial charge on any atom is -0.310 e. The Kier molecular flexibility index (Phi) is 7.54. The molecule has 0 amide bonds. The summed E-state index contributed by atoms with van der Waals surface area (Å²) in [5, 5.41) is 7.91. The molecular weight excluding hydrogens is 771 g/mol. The largest absolute Gasteiger partial charge is 0.310 e. The fraction of sp³-hybridized carbons (Fsp3) is 0.143. The second-order valence-electron chi connectivity index (χ2n) is 20.2. The molecule has 0 unspecified atom stereocenters. The lowest BCUT2D eigenvalue weighted by molar-refractivity contribution is 0.639. The van der Waals surface area contributed by atoms with Crippen LogP contribution in [0.15, 0.2) is 188 Å². The summed E-state index contributed by atoms with van der Waals surface area (Å²) in [6.45, 7) is 14.4. The van der Waals surface area contributed by atoms with Gasteiger partial charge in [0.2, 0.25) is 0 Å². The van der Waals surface area contributed by atoms with Gasteiger partial charge in [-0.2, -0.15) is 0 Å². The first-order chi connectivity index (χ1) is 31.0. The summed E-state index contributed by atoms with van der Waals surface area (Å²) < 4.78 is 0. The maximum atomic E-state index is 2.53. The molecule has 0 heterocycles. The number of fused-ring (bicyclic) bond motifs is 7. The Morgan fingerprint density at radius 1 is 0.266 bits per heavy atom. The molecule has 0 fully saturated rings. The van der Waals surface area contributed by atoms with Crippen molar-refractivity contribution in [3.63, 3.8) is 0 Å². The summed E-state index contributed by atoms with van der Waals surface area (Å²) in [5.41, 5.74) is 22.2. The van der Waals surface area contributed by atoms with Gasteiger partial charge in [0.1, 0.15) is 0 Å². The first-order valence-electron chi connectivity index (χ1n) is 22.9. The Hall–Kier alpha value is -7.22. The van der Waals surface area contributed by atoms with E-state index < -0.39 is 0 Å². The Labute approximate surface area is 376 Å². The van der Waals surface area contributed by atoms with Crippen molar-refractivity contribution in [1.82, 2.24) is 0 Å². The molecule has 0 spiro atoms. The minimum atomic E-state index is -0.153. The summed E-state index contributed by atoms with van der Waals surface area (Å²) in [7, 11) is 0. The van der Waals surface area contributed by atoms with Gasteiger partial charge in [-0.05, 0) is 183 Å². The lowest BCUT2D eigenvalue weighted by Crippen LogP contribution is -2.19. The molecule has 0 radical (unpaired) electrons. The van der Waals surface area contributed by atoms with Crippen molar-refractivity contribution in [3.8, 4) is 44.5 Å². The van der Waals surface area contributed by atoms with Crippen LogP contribution >= 0.6 is 0 Å². The summed E-state index contributed by atoms with van der Waals surface area (Å²) >= 11 is 0. The minimum absolute atomic E-state index is 0.0336. The standard InChI is InChI=1S/C63H49N/c1-61(2)53-20-14-13-19-49(53)51-36-52-50-28-27-48(35-54(50)62(3,4)56(52)37-55(51)61)64(46-17-11-8-12-18-46)47-26-25-39-29-40(21-22-41(39)32-47)45-31-43-24-23-42-30-44(38-15-9-7-10-16-38)33-57-59(42)60(43)58(34-45)63(57,5)6/h7-37H,1-6H3. The fourth-order valence-electron chi connectivity index (χ4n) is 12.1. The lowest BCUT2D eigenvalue weighted by Gasteiger charge is -2.29. The van der Waals surface area contributed by atoms with Crippen LogP contribution in [0.1, 0.15) is 74.9 Å². The van der Waals surface area contributed by atoms with E-state index in [0.717, 1.165) is 11.4 Å².